The molecule has 0 aliphatic carbocycles. The predicted octanol–water partition coefficient (Wildman–Crippen LogP) is 4.11. The summed E-state index contributed by atoms with van der Waals surface area (Å²) in [4.78, 5) is 14.5. The minimum absolute atomic E-state index is 0.322. The molecule has 18 heavy (non-hydrogen) atoms. The molecule has 0 aliphatic heterocycles. The Morgan fingerprint density at radius 3 is 2.33 bits per heavy atom. The summed E-state index contributed by atoms with van der Waals surface area (Å²) < 4.78 is 0. The lowest BCUT2D eigenvalue weighted by Crippen LogP contribution is -2.00. The highest BCUT2D eigenvalue weighted by atomic mass is 16.4. The van der Waals surface area contributed by atoms with E-state index in [1.807, 2.05) is 6.20 Å². The summed E-state index contributed by atoms with van der Waals surface area (Å²) in [5.74, 6) is -0.176. The lowest BCUT2D eigenvalue weighted by Gasteiger charge is -2.10. The molecule has 0 saturated heterocycles. The fraction of sp³-hybridized carbons (Fsp3) is 0.400. The van der Waals surface area contributed by atoms with Crippen LogP contribution >= 0.6 is 0 Å². The molecule has 0 atom stereocenters. The third-order valence-electron chi connectivity index (χ3n) is 3.36. The number of carbonyl (C=O) groups is 1. The molecule has 96 valence electrons. The molecule has 0 radical (unpaired) electrons. The maximum Gasteiger partial charge on any atom is 0.337 e. The Balaban J connectivity index is 2.79. The van der Waals surface area contributed by atoms with Gasteiger partial charge >= 0.3 is 5.97 Å². The lowest BCUT2D eigenvalue weighted by molar-refractivity contribution is 0.0698. The van der Waals surface area contributed by atoms with Crippen LogP contribution in [0, 0.1) is 0 Å². The summed E-state index contributed by atoms with van der Waals surface area (Å²) in [5.41, 5.74) is 3.34. The molecule has 1 aromatic heterocycles. The predicted molar refractivity (Wildman–Crippen MR) is 73.4 cm³/mol. The maximum absolute atomic E-state index is 11.3. The fourth-order valence-corrected chi connectivity index (χ4v) is 2.25. The van der Waals surface area contributed by atoms with Gasteiger partial charge in [-0.05, 0) is 35.1 Å². The number of nitrogens with one attached hydrogen (secondary N) is 1. The van der Waals surface area contributed by atoms with Gasteiger partial charge in [-0.3, -0.25) is 0 Å². The number of fused-ring (bicyclic) bond motifs is 1. The molecule has 3 heteroatoms. The zero-order chi connectivity index (χ0) is 13.4. The van der Waals surface area contributed by atoms with Crippen LogP contribution in [0.2, 0.25) is 0 Å². The van der Waals surface area contributed by atoms with E-state index in [2.05, 4.69) is 38.7 Å². The minimum Gasteiger partial charge on any atom is -0.478 e. The van der Waals surface area contributed by atoms with E-state index in [1.54, 1.807) is 6.07 Å². The molecule has 0 spiro atoms. The first kappa shape index (κ1) is 12.7. The van der Waals surface area contributed by atoms with Gasteiger partial charge in [0.15, 0.2) is 0 Å². The molecule has 2 N–H and O–H groups in total. The summed E-state index contributed by atoms with van der Waals surface area (Å²) in [6, 6.07) is 3.88. The second-order valence-electron chi connectivity index (χ2n) is 5.35. The zero-order valence-corrected chi connectivity index (χ0v) is 11.2. The van der Waals surface area contributed by atoms with Gasteiger partial charge < -0.3 is 10.1 Å². The minimum atomic E-state index is -0.875. The van der Waals surface area contributed by atoms with Crippen molar-refractivity contribution >= 4 is 16.9 Å². The molecule has 0 unspecified atom stereocenters. The van der Waals surface area contributed by atoms with Gasteiger partial charge in [-0.1, -0.05) is 27.7 Å². The first-order valence-electron chi connectivity index (χ1n) is 6.30. The van der Waals surface area contributed by atoms with Crippen LogP contribution in [0.25, 0.3) is 10.9 Å². The van der Waals surface area contributed by atoms with E-state index in [0.29, 0.717) is 17.4 Å². The number of aromatic nitrogens is 1. The van der Waals surface area contributed by atoms with Gasteiger partial charge in [0.05, 0.1) is 11.1 Å². The maximum atomic E-state index is 11.3. The molecule has 0 aliphatic rings. The smallest absolute Gasteiger partial charge is 0.337 e. The van der Waals surface area contributed by atoms with E-state index >= 15 is 0 Å². The third kappa shape index (κ3) is 2.01. The van der Waals surface area contributed by atoms with Gasteiger partial charge in [0.1, 0.15) is 0 Å². The number of hydrogen-bond donors (Lipinski definition) is 2. The van der Waals surface area contributed by atoms with Gasteiger partial charge in [-0.25, -0.2) is 4.79 Å². The van der Waals surface area contributed by atoms with Crippen molar-refractivity contribution in [1.82, 2.24) is 4.98 Å². The van der Waals surface area contributed by atoms with E-state index < -0.39 is 5.97 Å². The SMILES string of the molecule is CC(C)c1cc(C(=O)O)c2[nH]cc(C(C)C)c2c1. The monoisotopic (exact) mass is 245 g/mol. The Labute approximate surface area is 107 Å². The number of rotatable bonds is 3. The summed E-state index contributed by atoms with van der Waals surface area (Å²) in [5, 5.41) is 10.4. The molecular formula is C15H19NO2. The molecule has 0 amide bonds. The van der Waals surface area contributed by atoms with Crippen molar-refractivity contribution in [3.05, 3.63) is 35.0 Å². The molecule has 2 aromatic rings. The van der Waals surface area contributed by atoms with Crippen LogP contribution in [-0.2, 0) is 0 Å². The summed E-state index contributed by atoms with van der Waals surface area (Å²) in [6.07, 6.45) is 1.92. The Morgan fingerprint density at radius 2 is 1.83 bits per heavy atom. The van der Waals surface area contributed by atoms with Crippen LogP contribution in [0.3, 0.4) is 0 Å². The van der Waals surface area contributed by atoms with Crippen LogP contribution < -0.4 is 0 Å². The van der Waals surface area contributed by atoms with Gasteiger partial charge in [-0.2, -0.15) is 0 Å². The van der Waals surface area contributed by atoms with Crippen LogP contribution in [-0.4, -0.2) is 16.1 Å². The first-order valence-corrected chi connectivity index (χ1v) is 6.30. The lowest BCUT2D eigenvalue weighted by atomic mass is 9.94. The van der Waals surface area contributed by atoms with Gasteiger partial charge in [0.25, 0.3) is 0 Å². The van der Waals surface area contributed by atoms with Gasteiger partial charge in [0.2, 0.25) is 0 Å². The van der Waals surface area contributed by atoms with Crippen LogP contribution in [0.4, 0.5) is 0 Å². The van der Waals surface area contributed by atoms with Crippen molar-refractivity contribution < 1.29 is 9.90 Å². The number of aromatic amines is 1. The number of H-pyrrole nitrogens is 1. The Kier molecular flexibility index (Phi) is 3.16. The number of carboxylic acid groups (broad SMARTS) is 1. The topological polar surface area (TPSA) is 53.1 Å². The second-order valence-corrected chi connectivity index (χ2v) is 5.35. The van der Waals surface area contributed by atoms with E-state index in [9.17, 15) is 9.90 Å². The number of aromatic carboxylic acids is 1. The van der Waals surface area contributed by atoms with Crippen molar-refractivity contribution in [1.29, 1.82) is 0 Å². The van der Waals surface area contributed by atoms with E-state index in [4.69, 9.17) is 0 Å². The first-order chi connectivity index (χ1) is 8.41. The second kappa shape index (κ2) is 4.48. The average Bonchev–Trinajstić information content (AvgIpc) is 2.70. The van der Waals surface area contributed by atoms with Gasteiger partial charge in [0, 0.05) is 11.6 Å². The summed E-state index contributed by atoms with van der Waals surface area (Å²) >= 11 is 0. The normalized spacial score (nSPS) is 11.7. The number of carboxylic acids is 1. The summed E-state index contributed by atoms with van der Waals surface area (Å²) in [7, 11) is 0. The summed E-state index contributed by atoms with van der Waals surface area (Å²) in [6.45, 7) is 8.39. The van der Waals surface area contributed by atoms with Crippen molar-refractivity contribution in [2.45, 2.75) is 39.5 Å². The Hall–Kier alpha value is -1.77. The van der Waals surface area contributed by atoms with Crippen LogP contribution in [0.15, 0.2) is 18.3 Å². The average molecular weight is 245 g/mol. The standard InChI is InChI=1S/C15H19NO2/c1-8(2)10-5-11-13(9(3)4)7-16-14(11)12(6-10)15(17)18/h5-9,16H,1-4H3,(H,17,18). The number of benzene rings is 1. The Bertz CT molecular complexity index is 594. The highest BCUT2D eigenvalue weighted by Gasteiger charge is 2.16. The van der Waals surface area contributed by atoms with Crippen LogP contribution in [0.1, 0.15) is 61.0 Å². The zero-order valence-electron chi connectivity index (χ0n) is 11.2. The van der Waals surface area contributed by atoms with Crippen molar-refractivity contribution in [3.8, 4) is 0 Å². The third-order valence-corrected chi connectivity index (χ3v) is 3.36. The quantitative estimate of drug-likeness (QED) is 0.854. The molecule has 1 heterocycles. The van der Waals surface area contributed by atoms with E-state index in [0.717, 1.165) is 16.5 Å². The van der Waals surface area contributed by atoms with Crippen molar-refractivity contribution in [2.24, 2.45) is 0 Å². The largest absolute Gasteiger partial charge is 0.478 e. The molecule has 0 bridgehead atoms. The van der Waals surface area contributed by atoms with Crippen LogP contribution in [0.5, 0.6) is 0 Å². The molecule has 2 rings (SSSR count). The number of hydrogen-bond acceptors (Lipinski definition) is 1. The Morgan fingerprint density at radius 1 is 1.17 bits per heavy atom. The van der Waals surface area contributed by atoms with Crippen molar-refractivity contribution in [3.63, 3.8) is 0 Å². The molecular weight excluding hydrogens is 226 g/mol. The fourth-order valence-electron chi connectivity index (χ4n) is 2.25. The highest BCUT2D eigenvalue weighted by molar-refractivity contribution is 6.03. The van der Waals surface area contributed by atoms with Gasteiger partial charge in [-0.15, -0.1) is 0 Å². The molecule has 0 saturated carbocycles. The molecule has 1 aromatic carbocycles. The highest BCUT2D eigenvalue weighted by Crippen LogP contribution is 2.31. The van der Waals surface area contributed by atoms with E-state index in [-0.39, 0.29) is 0 Å². The van der Waals surface area contributed by atoms with E-state index in [1.165, 1.54) is 5.56 Å². The van der Waals surface area contributed by atoms with Crippen molar-refractivity contribution in [2.75, 3.05) is 0 Å². The molecule has 0 fully saturated rings. The molecule has 3 nitrogen and oxygen atoms in total.